The number of halogens is 2. The van der Waals surface area contributed by atoms with Crippen LogP contribution in [0.2, 0.25) is 10.0 Å². The molecule has 202 valence electrons. The topological polar surface area (TPSA) is 128 Å². The van der Waals surface area contributed by atoms with Crippen LogP contribution in [0.4, 0.5) is 11.4 Å². The summed E-state index contributed by atoms with van der Waals surface area (Å²) in [6, 6.07) is 16.2. The Morgan fingerprint density at radius 3 is 2.26 bits per heavy atom. The van der Waals surface area contributed by atoms with Gasteiger partial charge >= 0.3 is 0 Å². The number of quaternary nitrogens is 1. The number of nitrogens with one attached hydrogen (secondary N) is 1. The molecule has 0 saturated heterocycles. The molecule has 0 radical (unpaired) electrons. The molecule has 9 nitrogen and oxygen atoms in total. The van der Waals surface area contributed by atoms with Gasteiger partial charge in [0.2, 0.25) is 15.7 Å². The number of anilines is 1. The van der Waals surface area contributed by atoms with Crippen LogP contribution in [0.5, 0.6) is 0 Å². The molecule has 5 N–H and O–H groups in total. The SMILES string of the molecule is CC1=N[N+](Nc2cccc3ccccc23)(c2cc(Cl)c(S(=O)(=O)N(CC(C)O)CC(C)O)cc2Cl)C(N)=C1. The van der Waals surface area contributed by atoms with Crippen LogP contribution in [-0.4, -0.2) is 53.9 Å². The number of nitrogens with zero attached hydrogens (tertiary/aromatic N) is 3. The second-order valence-corrected chi connectivity index (χ2v) is 12.1. The fourth-order valence-electron chi connectivity index (χ4n) is 4.43. The number of hydrogen-bond acceptors (Lipinski definition) is 7. The van der Waals surface area contributed by atoms with Gasteiger partial charge in [0.1, 0.15) is 15.6 Å². The highest BCUT2D eigenvalue weighted by molar-refractivity contribution is 7.89. The lowest BCUT2D eigenvalue weighted by Gasteiger charge is -2.30. The van der Waals surface area contributed by atoms with Crippen molar-refractivity contribution >= 4 is 61.1 Å². The van der Waals surface area contributed by atoms with E-state index in [2.05, 4.69) is 5.43 Å². The lowest BCUT2D eigenvalue weighted by molar-refractivity contribution is 0.125. The molecule has 0 bridgehead atoms. The van der Waals surface area contributed by atoms with Gasteiger partial charge in [0.15, 0.2) is 0 Å². The standard InChI is InChI=1S/C26H30Cl2N5O4S/c1-16-11-26(29)33(30-16,31-23-10-6-8-19-7-4-5-9-20(19)23)24-12-22(28)25(13-21(24)27)38(36,37)32(14-17(2)34)15-18(3)35/h4-13,17-18,31,34-35H,14-15,29H2,1-3H3/q+1. The van der Waals surface area contributed by atoms with Gasteiger partial charge in [-0.1, -0.05) is 59.6 Å². The Kier molecular flexibility index (Phi) is 8.06. The summed E-state index contributed by atoms with van der Waals surface area (Å²) in [6.45, 7) is 4.24. The smallest absolute Gasteiger partial charge is 0.258 e. The van der Waals surface area contributed by atoms with Gasteiger partial charge in [-0.25, -0.2) is 8.42 Å². The normalized spacial score (nSPS) is 19.4. The molecular weight excluding hydrogens is 549 g/mol. The van der Waals surface area contributed by atoms with Crippen molar-refractivity contribution in [2.75, 3.05) is 18.5 Å². The first-order valence-corrected chi connectivity index (χ1v) is 14.1. The molecule has 4 rings (SSSR count). The van der Waals surface area contributed by atoms with Gasteiger partial charge in [0.25, 0.3) is 5.82 Å². The quantitative estimate of drug-likeness (QED) is 0.278. The van der Waals surface area contributed by atoms with Crippen LogP contribution in [0.25, 0.3) is 10.8 Å². The molecule has 12 heteroatoms. The van der Waals surface area contributed by atoms with Crippen LogP contribution in [0.15, 0.2) is 76.5 Å². The average Bonchev–Trinajstić information content (AvgIpc) is 3.12. The molecule has 3 unspecified atom stereocenters. The van der Waals surface area contributed by atoms with Crippen molar-refractivity contribution < 1.29 is 18.6 Å². The maximum atomic E-state index is 13.5. The van der Waals surface area contributed by atoms with E-state index in [4.69, 9.17) is 34.0 Å². The van der Waals surface area contributed by atoms with E-state index in [1.807, 2.05) is 42.5 Å². The highest BCUT2D eigenvalue weighted by Gasteiger charge is 2.44. The Labute approximate surface area is 232 Å². The first-order chi connectivity index (χ1) is 17.8. The van der Waals surface area contributed by atoms with Gasteiger partial charge in [0.05, 0.1) is 22.9 Å². The van der Waals surface area contributed by atoms with Crippen molar-refractivity contribution in [3.8, 4) is 0 Å². The highest BCUT2D eigenvalue weighted by atomic mass is 35.5. The first-order valence-electron chi connectivity index (χ1n) is 11.9. The molecular formula is C26H30Cl2N5O4S+. The van der Waals surface area contributed by atoms with Crippen LogP contribution < -0.4 is 15.9 Å². The van der Waals surface area contributed by atoms with Crippen molar-refractivity contribution in [2.24, 2.45) is 10.8 Å². The van der Waals surface area contributed by atoms with E-state index in [1.54, 1.807) is 13.0 Å². The number of benzene rings is 3. The third-order valence-electron chi connectivity index (χ3n) is 6.01. The Balaban J connectivity index is 1.85. The van der Waals surface area contributed by atoms with E-state index in [-0.39, 0.29) is 28.0 Å². The molecule has 0 amide bonds. The van der Waals surface area contributed by atoms with Gasteiger partial charge in [0, 0.05) is 30.6 Å². The maximum absolute atomic E-state index is 13.5. The molecule has 1 heterocycles. The fourth-order valence-corrected chi connectivity index (χ4v) is 6.91. The van der Waals surface area contributed by atoms with Gasteiger partial charge < -0.3 is 15.9 Å². The Morgan fingerprint density at radius 1 is 1.03 bits per heavy atom. The minimum atomic E-state index is -4.23. The van der Waals surface area contributed by atoms with E-state index in [9.17, 15) is 18.6 Å². The van der Waals surface area contributed by atoms with Gasteiger partial charge in [-0.05, 0) is 48.1 Å². The van der Waals surface area contributed by atoms with E-state index in [0.717, 1.165) is 20.8 Å². The number of allylic oxidation sites excluding steroid dienone is 1. The molecule has 3 atom stereocenters. The summed E-state index contributed by atoms with van der Waals surface area (Å²) >= 11 is 13.3. The zero-order chi connectivity index (χ0) is 27.8. The van der Waals surface area contributed by atoms with Crippen molar-refractivity contribution in [2.45, 2.75) is 37.9 Å². The number of fused-ring (bicyclic) bond motifs is 1. The summed E-state index contributed by atoms with van der Waals surface area (Å²) in [5.41, 5.74) is 11.5. The van der Waals surface area contributed by atoms with Crippen molar-refractivity contribution in [1.82, 2.24) is 9.01 Å². The number of hydrogen-bond donors (Lipinski definition) is 4. The second-order valence-electron chi connectivity index (χ2n) is 9.34. The second kappa shape index (κ2) is 10.8. The third kappa shape index (κ3) is 5.39. The first kappa shape index (κ1) is 28.3. The molecule has 0 fully saturated rings. The molecule has 1 aliphatic rings. The lowest BCUT2D eigenvalue weighted by Crippen LogP contribution is -2.49. The summed E-state index contributed by atoms with van der Waals surface area (Å²) in [5.74, 6) is 0.300. The molecule has 3 aromatic carbocycles. The predicted molar refractivity (Wildman–Crippen MR) is 153 cm³/mol. The van der Waals surface area contributed by atoms with Crippen molar-refractivity contribution in [1.29, 1.82) is 0 Å². The van der Waals surface area contributed by atoms with Crippen LogP contribution in [0.3, 0.4) is 0 Å². The number of aliphatic hydroxyl groups is 2. The summed E-state index contributed by atoms with van der Waals surface area (Å²) in [7, 11) is -4.23. The van der Waals surface area contributed by atoms with Crippen LogP contribution in [0, 0.1) is 0 Å². The number of sulfonamides is 1. The molecule has 0 aromatic heterocycles. The average molecular weight is 580 g/mol. The van der Waals surface area contributed by atoms with E-state index >= 15 is 0 Å². The van der Waals surface area contributed by atoms with Gasteiger partial charge in [-0.3, -0.25) is 0 Å². The minimum Gasteiger partial charge on any atom is -0.392 e. The van der Waals surface area contributed by atoms with E-state index < -0.39 is 26.9 Å². The van der Waals surface area contributed by atoms with Crippen molar-refractivity contribution in [3.63, 3.8) is 0 Å². The minimum absolute atomic E-state index is 0.0459. The molecule has 0 saturated carbocycles. The van der Waals surface area contributed by atoms with Crippen LogP contribution >= 0.6 is 23.2 Å². The molecule has 3 aromatic rings. The summed E-state index contributed by atoms with van der Waals surface area (Å²) in [4.78, 5) is -0.264. The van der Waals surface area contributed by atoms with Crippen molar-refractivity contribution in [3.05, 3.63) is 76.5 Å². The van der Waals surface area contributed by atoms with E-state index in [1.165, 1.54) is 26.0 Å². The van der Waals surface area contributed by atoms with Crippen LogP contribution in [-0.2, 0) is 10.0 Å². The Morgan fingerprint density at radius 2 is 1.66 bits per heavy atom. The Bertz CT molecular complexity index is 1530. The largest absolute Gasteiger partial charge is 0.392 e. The molecule has 38 heavy (non-hydrogen) atoms. The predicted octanol–water partition coefficient (Wildman–Crippen LogP) is 4.42. The zero-order valence-corrected chi connectivity index (χ0v) is 23.5. The molecule has 0 spiro atoms. The monoisotopic (exact) mass is 578 g/mol. The molecule has 1 aliphatic heterocycles. The lowest BCUT2D eigenvalue weighted by atomic mass is 10.1. The third-order valence-corrected chi connectivity index (χ3v) is 8.61. The zero-order valence-electron chi connectivity index (χ0n) is 21.1. The molecule has 0 aliphatic carbocycles. The summed E-state index contributed by atoms with van der Waals surface area (Å²) in [6.07, 6.45) is -0.245. The Hall–Kier alpha value is -2.70. The fraction of sp³-hybridized carbons (Fsp3) is 0.269. The number of aliphatic hydroxyl groups excluding tert-OH is 2. The maximum Gasteiger partial charge on any atom is 0.258 e. The van der Waals surface area contributed by atoms with Gasteiger partial charge in [-0.15, -0.1) is 0 Å². The van der Waals surface area contributed by atoms with Crippen LogP contribution in [0.1, 0.15) is 20.8 Å². The van der Waals surface area contributed by atoms with Gasteiger partial charge in [-0.2, -0.15) is 9.73 Å². The summed E-state index contributed by atoms with van der Waals surface area (Å²) < 4.78 is 27.6. The number of nitrogens with two attached hydrogens (primary N) is 1. The highest BCUT2D eigenvalue weighted by Crippen LogP contribution is 2.43. The number of rotatable bonds is 9. The van der Waals surface area contributed by atoms with E-state index in [0.29, 0.717) is 17.2 Å². The summed E-state index contributed by atoms with van der Waals surface area (Å²) in [5, 5.41) is 26.3.